The summed E-state index contributed by atoms with van der Waals surface area (Å²) in [7, 11) is 2.06. The van der Waals surface area contributed by atoms with Gasteiger partial charge in [0.25, 0.3) is 0 Å². The highest BCUT2D eigenvalue weighted by Crippen LogP contribution is 2.39. The molecule has 8 nitrogen and oxygen atoms in total. The third-order valence-corrected chi connectivity index (χ3v) is 7.89. The molecule has 2 saturated heterocycles. The molecule has 2 aromatic heterocycles. The van der Waals surface area contributed by atoms with Crippen LogP contribution in [-0.2, 0) is 0 Å². The molecule has 0 spiro atoms. The molecule has 0 unspecified atom stereocenters. The zero-order chi connectivity index (χ0) is 24.8. The molecule has 2 fully saturated rings. The molecule has 0 bridgehead atoms. The van der Waals surface area contributed by atoms with Gasteiger partial charge in [-0.2, -0.15) is 9.97 Å². The summed E-state index contributed by atoms with van der Waals surface area (Å²) in [5.74, 6) is -0.970. The first kappa shape index (κ1) is 23.3. The van der Waals surface area contributed by atoms with Crippen molar-refractivity contribution in [3.05, 3.63) is 35.9 Å². The minimum Gasteiger partial charge on any atom is -0.462 e. The average molecular weight is 512 g/mol. The Bertz CT molecular complexity index is 1440. The molecule has 0 saturated carbocycles. The molecule has 6 rings (SSSR count). The molecule has 2 aromatic carbocycles. The van der Waals surface area contributed by atoms with E-state index in [2.05, 4.69) is 32.2 Å². The number of likely N-dealkylation sites (N-methyl/N-ethyl adjacent to an activating group) is 1. The number of anilines is 2. The van der Waals surface area contributed by atoms with E-state index in [9.17, 15) is 0 Å². The second kappa shape index (κ2) is 9.38. The number of piperazine rings is 1. The van der Waals surface area contributed by atoms with Gasteiger partial charge >= 0.3 is 6.01 Å². The van der Waals surface area contributed by atoms with Crippen LogP contribution in [0.15, 0.2) is 24.3 Å². The number of hydrogen-bond donors (Lipinski definition) is 2. The largest absolute Gasteiger partial charge is 0.462 e. The maximum absolute atomic E-state index is 16.2. The van der Waals surface area contributed by atoms with E-state index in [1.807, 2.05) is 11.0 Å². The van der Waals surface area contributed by atoms with Crippen molar-refractivity contribution in [3.63, 3.8) is 0 Å². The number of aromatic nitrogens is 3. The topological polar surface area (TPSA) is 92.4 Å². The smallest absolute Gasteiger partial charge is 0.319 e. The molecule has 188 valence electrons. The SMILES string of the molecule is CN1CCC[C@H]1COc1nc(N2CCNCC2)c2cc(F)c(-c3cccc4sc(N)nc34)c(F)c2n1. The first-order valence-corrected chi connectivity index (χ1v) is 12.9. The molecule has 0 amide bonds. The monoisotopic (exact) mass is 511 g/mol. The molecule has 4 aromatic rings. The summed E-state index contributed by atoms with van der Waals surface area (Å²) >= 11 is 1.28. The number of nitrogens with two attached hydrogens (primary N) is 1. The lowest BCUT2D eigenvalue weighted by Gasteiger charge is -2.29. The second-order valence-corrected chi connectivity index (χ2v) is 10.4. The molecular formula is C25H27F2N7OS. The van der Waals surface area contributed by atoms with Crippen LogP contribution in [0.4, 0.5) is 19.7 Å². The van der Waals surface area contributed by atoms with Gasteiger partial charge in [0.05, 0.1) is 15.8 Å². The molecule has 0 aliphatic carbocycles. The van der Waals surface area contributed by atoms with Crippen molar-refractivity contribution in [1.82, 2.24) is 25.2 Å². The van der Waals surface area contributed by atoms with E-state index in [-0.39, 0.29) is 23.1 Å². The Morgan fingerprint density at radius 1 is 1.14 bits per heavy atom. The number of halogens is 2. The number of ether oxygens (including phenoxy) is 1. The predicted molar refractivity (Wildman–Crippen MR) is 139 cm³/mol. The maximum Gasteiger partial charge on any atom is 0.319 e. The molecule has 3 N–H and O–H groups in total. The van der Waals surface area contributed by atoms with Crippen LogP contribution in [0.1, 0.15) is 12.8 Å². The average Bonchev–Trinajstić information content (AvgIpc) is 3.47. The summed E-state index contributed by atoms with van der Waals surface area (Å²) in [6, 6.07) is 6.92. The van der Waals surface area contributed by atoms with E-state index < -0.39 is 11.6 Å². The van der Waals surface area contributed by atoms with Crippen LogP contribution in [0.25, 0.3) is 32.2 Å². The molecule has 0 radical (unpaired) electrons. The number of nitrogen functional groups attached to an aromatic ring is 1. The maximum atomic E-state index is 16.2. The number of rotatable bonds is 5. The minimum absolute atomic E-state index is 0.0323. The van der Waals surface area contributed by atoms with Crippen molar-refractivity contribution < 1.29 is 13.5 Å². The lowest BCUT2D eigenvalue weighted by molar-refractivity contribution is 0.188. The van der Waals surface area contributed by atoms with Crippen molar-refractivity contribution in [3.8, 4) is 17.1 Å². The lowest BCUT2D eigenvalue weighted by atomic mass is 10.0. The molecule has 1 atom stereocenters. The molecule has 2 aliphatic rings. The number of likely N-dealkylation sites (tertiary alicyclic amines) is 1. The minimum atomic E-state index is -0.759. The molecule has 11 heteroatoms. The van der Waals surface area contributed by atoms with Crippen LogP contribution in [0.2, 0.25) is 0 Å². The number of para-hydroxylation sites is 1. The van der Waals surface area contributed by atoms with Gasteiger partial charge in [-0.1, -0.05) is 23.5 Å². The first-order chi connectivity index (χ1) is 17.5. The van der Waals surface area contributed by atoms with E-state index in [4.69, 9.17) is 10.5 Å². The van der Waals surface area contributed by atoms with Gasteiger partial charge in [0.1, 0.15) is 23.8 Å². The molecular weight excluding hydrogens is 484 g/mol. The standard InChI is InChI=1S/C25H27F2N7OS/c1-33-9-3-4-14(33)13-35-25-31-22-16(23(32-25)34-10-7-29-8-11-34)12-17(26)19(20(22)27)15-5-2-6-18-21(15)30-24(28)36-18/h2,5-6,12,14,29H,3-4,7-11,13H2,1H3,(H2,28,30)/t14-/m0/s1. The Morgan fingerprint density at radius 2 is 1.97 bits per heavy atom. The molecule has 2 aliphatic heterocycles. The fraction of sp³-hybridized carbons (Fsp3) is 0.400. The van der Waals surface area contributed by atoms with Crippen LogP contribution < -0.4 is 20.7 Å². The van der Waals surface area contributed by atoms with Crippen LogP contribution in [0.3, 0.4) is 0 Å². The summed E-state index contributed by atoms with van der Waals surface area (Å²) in [4.78, 5) is 17.7. The van der Waals surface area contributed by atoms with Crippen molar-refractivity contribution in [1.29, 1.82) is 0 Å². The van der Waals surface area contributed by atoms with Gasteiger partial charge in [-0.05, 0) is 38.6 Å². The quantitative estimate of drug-likeness (QED) is 0.420. The predicted octanol–water partition coefficient (Wildman–Crippen LogP) is 3.65. The van der Waals surface area contributed by atoms with Crippen molar-refractivity contribution in [2.45, 2.75) is 18.9 Å². The van der Waals surface area contributed by atoms with E-state index in [1.165, 1.54) is 17.4 Å². The normalized spacial score (nSPS) is 19.0. The van der Waals surface area contributed by atoms with Gasteiger partial charge in [0.2, 0.25) is 0 Å². The molecule has 4 heterocycles. The Labute approximate surface area is 211 Å². The Kier molecular flexibility index (Phi) is 6.06. The number of nitrogens with zero attached hydrogens (tertiary/aromatic N) is 5. The zero-order valence-electron chi connectivity index (χ0n) is 19.9. The van der Waals surface area contributed by atoms with Gasteiger partial charge < -0.3 is 25.6 Å². The van der Waals surface area contributed by atoms with E-state index >= 15 is 8.78 Å². The number of hydrogen-bond acceptors (Lipinski definition) is 9. The summed E-state index contributed by atoms with van der Waals surface area (Å²) in [6.45, 7) is 4.27. The fourth-order valence-electron chi connectivity index (χ4n) is 5.12. The third kappa shape index (κ3) is 4.10. The van der Waals surface area contributed by atoms with E-state index in [1.54, 1.807) is 12.1 Å². The number of nitrogens with one attached hydrogen (secondary N) is 1. The fourth-order valence-corrected chi connectivity index (χ4v) is 5.88. The van der Waals surface area contributed by atoms with Crippen LogP contribution in [0.5, 0.6) is 6.01 Å². The van der Waals surface area contributed by atoms with E-state index in [0.717, 1.165) is 37.2 Å². The Morgan fingerprint density at radius 3 is 2.75 bits per heavy atom. The highest BCUT2D eigenvalue weighted by Gasteiger charge is 2.26. The van der Waals surface area contributed by atoms with Gasteiger partial charge in [-0.25, -0.2) is 13.8 Å². The summed E-state index contributed by atoms with van der Waals surface area (Å²) in [6.07, 6.45) is 2.14. The van der Waals surface area contributed by atoms with Crippen LogP contribution >= 0.6 is 11.3 Å². The second-order valence-electron chi connectivity index (χ2n) is 9.30. The van der Waals surface area contributed by atoms with Crippen LogP contribution in [-0.4, -0.2) is 72.3 Å². The third-order valence-electron chi connectivity index (χ3n) is 7.04. The molecule has 36 heavy (non-hydrogen) atoms. The van der Waals surface area contributed by atoms with Crippen molar-refractivity contribution in [2.24, 2.45) is 0 Å². The van der Waals surface area contributed by atoms with Gasteiger partial charge in [-0.15, -0.1) is 0 Å². The van der Waals surface area contributed by atoms with Gasteiger partial charge in [0.15, 0.2) is 10.9 Å². The van der Waals surface area contributed by atoms with Gasteiger partial charge in [0, 0.05) is 43.2 Å². The van der Waals surface area contributed by atoms with E-state index in [0.29, 0.717) is 47.1 Å². The first-order valence-electron chi connectivity index (χ1n) is 12.1. The number of fused-ring (bicyclic) bond motifs is 2. The summed E-state index contributed by atoms with van der Waals surface area (Å²) in [5, 5.41) is 3.97. The summed E-state index contributed by atoms with van der Waals surface area (Å²) in [5.41, 5.74) is 6.56. The lowest BCUT2D eigenvalue weighted by Crippen LogP contribution is -2.44. The highest BCUT2D eigenvalue weighted by atomic mass is 32.1. The number of thiazole rings is 1. The van der Waals surface area contributed by atoms with Crippen LogP contribution in [0, 0.1) is 11.6 Å². The highest BCUT2D eigenvalue weighted by molar-refractivity contribution is 7.22. The zero-order valence-corrected chi connectivity index (χ0v) is 20.7. The van der Waals surface area contributed by atoms with Crippen molar-refractivity contribution in [2.75, 3.05) is 57.0 Å². The van der Waals surface area contributed by atoms with Gasteiger partial charge in [-0.3, -0.25) is 0 Å². The Hall–Kier alpha value is -3.15. The summed E-state index contributed by atoms with van der Waals surface area (Å²) < 4.78 is 38.6. The number of benzene rings is 2. The Balaban J connectivity index is 1.50. The van der Waals surface area contributed by atoms with Crippen molar-refractivity contribution >= 4 is 43.4 Å².